The third kappa shape index (κ3) is 6.13. The number of benzene rings is 3. The third-order valence-corrected chi connectivity index (χ3v) is 6.03. The smallest absolute Gasteiger partial charge is 0.416 e. The van der Waals surface area contributed by atoms with Crippen LogP contribution < -0.4 is 15.6 Å². The van der Waals surface area contributed by atoms with Gasteiger partial charge in [-0.3, -0.25) is 4.79 Å². The molecule has 0 aliphatic rings. The maximum atomic E-state index is 13.4. The molecule has 1 heterocycles. The number of fused-ring (bicyclic) bond motifs is 1. The number of halogens is 3. The number of carbonyl (C=O) groups excluding carboxylic acids is 1. The van der Waals surface area contributed by atoms with Gasteiger partial charge in [0.05, 0.1) is 35.4 Å². The maximum Gasteiger partial charge on any atom is 0.416 e. The number of nitrogens with one attached hydrogen (secondary N) is 1. The molecule has 2 amide bonds. The summed E-state index contributed by atoms with van der Waals surface area (Å²) in [7, 11) is 1.63. The molecule has 7 nitrogen and oxygen atoms in total. The van der Waals surface area contributed by atoms with E-state index in [0.29, 0.717) is 34.6 Å². The number of aromatic nitrogens is 2. The normalized spacial score (nSPS) is 11.4. The predicted molar refractivity (Wildman–Crippen MR) is 139 cm³/mol. The van der Waals surface area contributed by atoms with Gasteiger partial charge >= 0.3 is 12.2 Å². The van der Waals surface area contributed by atoms with E-state index in [-0.39, 0.29) is 30.8 Å². The molecule has 4 aromatic rings. The zero-order chi connectivity index (χ0) is 27.3. The number of urea groups is 1. The summed E-state index contributed by atoms with van der Waals surface area (Å²) in [6, 6.07) is 18.5. The molecule has 0 spiro atoms. The third-order valence-electron chi connectivity index (χ3n) is 6.03. The van der Waals surface area contributed by atoms with E-state index in [9.17, 15) is 22.8 Å². The number of nitrogens with zero attached hydrogens (tertiary/aromatic N) is 3. The summed E-state index contributed by atoms with van der Waals surface area (Å²) in [5.74, 6) is 0.473. The Bertz CT molecular complexity index is 1500. The Morgan fingerprint density at radius 2 is 1.79 bits per heavy atom. The van der Waals surface area contributed by atoms with Gasteiger partial charge in [0, 0.05) is 13.6 Å². The van der Waals surface area contributed by atoms with E-state index in [1.54, 1.807) is 61.6 Å². The van der Waals surface area contributed by atoms with Crippen LogP contribution in [0, 0.1) is 0 Å². The van der Waals surface area contributed by atoms with Crippen molar-refractivity contribution in [2.24, 2.45) is 7.05 Å². The Morgan fingerprint density at radius 1 is 1.05 bits per heavy atom. The first-order valence-electron chi connectivity index (χ1n) is 12.1. The highest BCUT2D eigenvalue weighted by atomic mass is 19.4. The zero-order valence-electron chi connectivity index (χ0n) is 21.0. The van der Waals surface area contributed by atoms with Gasteiger partial charge in [0.1, 0.15) is 11.4 Å². The standard InChI is InChI=1S/C28H27F3N4O3/c1-3-38-25-14-7-5-12-22(25)33-27(37)35(16-15-19-9-8-10-20(17-19)28(29,30)31)18-23-26(36)34(2)24-13-6-4-11-21(24)32-23/h4-14,17H,3,15-16,18H2,1-2H3,(H,33,37). The van der Waals surface area contributed by atoms with Gasteiger partial charge in [0.15, 0.2) is 0 Å². The zero-order valence-corrected chi connectivity index (χ0v) is 21.0. The lowest BCUT2D eigenvalue weighted by molar-refractivity contribution is -0.137. The van der Waals surface area contributed by atoms with E-state index in [4.69, 9.17) is 4.74 Å². The van der Waals surface area contributed by atoms with Crippen LogP contribution in [0.5, 0.6) is 5.75 Å². The topological polar surface area (TPSA) is 76.5 Å². The van der Waals surface area contributed by atoms with Gasteiger partial charge in [-0.25, -0.2) is 9.78 Å². The molecule has 3 aromatic carbocycles. The van der Waals surface area contributed by atoms with Crippen molar-refractivity contribution in [2.45, 2.75) is 26.1 Å². The highest BCUT2D eigenvalue weighted by molar-refractivity contribution is 5.91. The Kier molecular flexibility index (Phi) is 7.99. The molecule has 0 saturated heterocycles. The number of carbonyl (C=O) groups is 1. The molecule has 10 heteroatoms. The second kappa shape index (κ2) is 11.4. The summed E-state index contributed by atoms with van der Waals surface area (Å²) in [5.41, 5.74) is 1.09. The van der Waals surface area contributed by atoms with Crippen LogP contribution >= 0.6 is 0 Å². The number of anilines is 1. The molecular formula is C28H27F3N4O3. The summed E-state index contributed by atoms with van der Waals surface area (Å²) < 4.78 is 46.7. The van der Waals surface area contributed by atoms with Crippen molar-refractivity contribution in [3.8, 4) is 5.75 Å². The Hall–Kier alpha value is -4.34. The lowest BCUT2D eigenvalue weighted by atomic mass is 10.1. The fraction of sp³-hybridized carbons (Fsp3) is 0.250. The van der Waals surface area contributed by atoms with Crippen molar-refractivity contribution in [3.05, 3.63) is 100.0 Å². The lowest BCUT2D eigenvalue weighted by Gasteiger charge is -2.24. The minimum absolute atomic E-state index is 0.0433. The van der Waals surface area contributed by atoms with Gasteiger partial charge in [-0.2, -0.15) is 13.2 Å². The minimum atomic E-state index is -4.47. The van der Waals surface area contributed by atoms with Gasteiger partial charge in [-0.15, -0.1) is 0 Å². The van der Waals surface area contributed by atoms with Gasteiger partial charge in [-0.1, -0.05) is 42.5 Å². The first-order chi connectivity index (χ1) is 18.2. The predicted octanol–water partition coefficient (Wildman–Crippen LogP) is 5.63. The molecule has 1 aromatic heterocycles. The Morgan fingerprint density at radius 3 is 2.55 bits per heavy atom. The summed E-state index contributed by atoms with van der Waals surface area (Å²) >= 11 is 0. The van der Waals surface area contributed by atoms with Crippen LogP contribution in [0.1, 0.15) is 23.7 Å². The second-order valence-electron chi connectivity index (χ2n) is 8.64. The van der Waals surface area contributed by atoms with Crippen molar-refractivity contribution in [2.75, 3.05) is 18.5 Å². The molecule has 0 aliphatic carbocycles. The molecule has 38 heavy (non-hydrogen) atoms. The van der Waals surface area contributed by atoms with Crippen molar-refractivity contribution < 1.29 is 22.7 Å². The van der Waals surface area contributed by atoms with Gasteiger partial charge < -0.3 is 19.5 Å². The molecule has 0 bridgehead atoms. The number of rotatable bonds is 8. The number of hydrogen-bond acceptors (Lipinski definition) is 4. The molecule has 1 N–H and O–H groups in total. The summed E-state index contributed by atoms with van der Waals surface area (Å²) in [6.07, 6.45) is -4.34. The number of aryl methyl sites for hydroxylation is 1. The summed E-state index contributed by atoms with van der Waals surface area (Å²) in [6.45, 7) is 2.12. The highest BCUT2D eigenvalue weighted by Crippen LogP contribution is 2.30. The number of hydrogen-bond donors (Lipinski definition) is 1. The van der Waals surface area contributed by atoms with Crippen molar-refractivity contribution in [1.82, 2.24) is 14.5 Å². The van der Waals surface area contributed by atoms with E-state index in [1.807, 2.05) is 6.92 Å². The van der Waals surface area contributed by atoms with Crippen molar-refractivity contribution in [3.63, 3.8) is 0 Å². The molecule has 0 atom stereocenters. The monoisotopic (exact) mass is 524 g/mol. The Balaban J connectivity index is 1.64. The largest absolute Gasteiger partial charge is 0.492 e. The van der Waals surface area contributed by atoms with E-state index in [1.165, 1.54) is 15.5 Å². The number of alkyl halides is 3. The molecule has 198 valence electrons. The average Bonchev–Trinajstić information content (AvgIpc) is 2.90. The molecule has 0 fully saturated rings. The van der Waals surface area contributed by atoms with E-state index < -0.39 is 17.8 Å². The number of ether oxygens (including phenoxy) is 1. The van der Waals surface area contributed by atoms with E-state index in [0.717, 1.165) is 12.1 Å². The SMILES string of the molecule is CCOc1ccccc1NC(=O)N(CCc1cccc(C(F)(F)F)c1)Cc1nc2ccccc2n(C)c1=O. The lowest BCUT2D eigenvalue weighted by Crippen LogP contribution is -2.39. The minimum Gasteiger partial charge on any atom is -0.492 e. The van der Waals surface area contributed by atoms with Crippen LogP contribution in [0.4, 0.5) is 23.7 Å². The van der Waals surface area contributed by atoms with Gasteiger partial charge in [0.25, 0.3) is 5.56 Å². The van der Waals surface area contributed by atoms with Crippen LogP contribution in [0.3, 0.4) is 0 Å². The van der Waals surface area contributed by atoms with E-state index >= 15 is 0 Å². The number of amides is 2. The van der Waals surface area contributed by atoms with Crippen LogP contribution in [-0.2, 0) is 26.2 Å². The van der Waals surface area contributed by atoms with Crippen molar-refractivity contribution in [1.29, 1.82) is 0 Å². The maximum absolute atomic E-state index is 13.4. The average molecular weight is 525 g/mol. The quantitative estimate of drug-likeness (QED) is 0.324. The van der Waals surface area contributed by atoms with Crippen LogP contribution in [0.2, 0.25) is 0 Å². The first kappa shape index (κ1) is 26.7. The molecule has 4 rings (SSSR count). The first-order valence-corrected chi connectivity index (χ1v) is 12.1. The summed E-state index contributed by atoms with van der Waals surface area (Å²) in [5, 5.41) is 2.80. The number of para-hydroxylation sites is 4. The van der Waals surface area contributed by atoms with Crippen LogP contribution in [0.25, 0.3) is 11.0 Å². The fourth-order valence-electron chi connectivity index (χ4n) is 4.09. The van der Waals surface area contributed by atoms with Crippen molar-refractivity contribution >= 4 is 22.8 Å². The van der Waals surface area contributed by atoms with Gasteiger partial charge in [0.2, 0.25) is 0 Å². The summed E-state index contributed by atoms with van der Waals surface area (Å²) in [4.78, 5) is 32.3. The molecular weight excluding hydrogens is 497 g/mol. The fourth-order valence-corrected chi connectivity index (χ4v) is 4.09. The Labute approximate surface area is 217 Å². The van der Waals surface area contributed by atoms with Crippen LogP contribution in [0.15, 0.2) is 77.6 Å². The highest BCUT2D eigenvalue weighted by Gasteiger charge is 2.30. The van der Waals surface area contributed by atoms with Crippen LogP contribution in [-0.4, -0.2) is 33.6 Å². The van der Waals surface area contributed by atoms with E-state index in [2.05, 4.69) is 10.3 Å². The van der Waals surface area contributed by atoms with Gasteiger partial charge in [-0.05, 0) is 49.2 Å². The second-order valence-corrected chi connectivity index (χ2v) is 8.64. The molecule has 0 aliphatic heterocycles. The molecule has 0 unspecified atom stereocenters. The molecule has 0 saturated carbocycles. The molecule has 0 radical (unpaired) electrons.